The van der Waals surface area contributed by atoms with E-state index in [9.17, 15) is 9.90 Å². The summed E-state index contributed by atoms with van der Waals surface area (Å²) in [4.78, 5) is 16.3. The fourth-order valence-corrected chi connectivity index (χ4v) is 3.13. The third-order valence-electron chi connectivity index (χ3n) is 4.17. The van der Waals surface area contributed by atoms with E-state index in [1.165, 1.54) is 12.8 Å². The number of nitrogens with one attached hydrogen (secondary N) is 1. The topological polar surface area (TPSA) is 55.8 Å². The van der Waals surface area contributed by atoms with Gasteiger partial charge in [-0.2, -0.15) is 0 Å². The number of aliphatic hydroxyl groups is 1. The Kier molecular flexibility index (Phi) is 5.45. The summed E-state index contributed by atoms with van der Waals surface area (Å²) in [5.74, 6) is 0.596. The summed E-state index contributed by atoms with van der Waals surface area (Å²) in [5.41, 5.74) is 0. The number of rotatable bonds is 4. The molecule has 0 radical (unpaired) electrons. The number of urea groups is 1. The van der Waals surface area contributed by atoms with Crippen LogP contribution in [0, 0.1) is 5.92 Å². The normalized spacial score (nSPS) is 27.6. The van der Waals surface area contributed by atoms with Crippen LogP contribution in [0.2, 0.25) is 0 Å². The fraction of sp³-hybridized carbons (Fsp3) is 0.929. The Labute approximate surface area is 115 Å². The first-order valence-corrected chi connectivity index (χ1v) is 7.59. The van der Waals surface area contributed by atoms with Gasteiger partial charge in [-0.05, 0) is 38.1 Å². The molecule has 2 heterocycles. The number of amides is 2. The molecular formula is C14H27N3O2. The molecule has 2 rings (SSSR count). The second-order valence-electron chi connectivity index (χ2n) is 5.94. The Morgan fingerprint density at radius 3 is 2.89 bits per heavy atom. The molecule has 19 heavy (non-hydrogen) atoms. The van der Waals surface area contributed by atoms with E-state index in [1.807, 2.05) is 9.80 Å². The average molecular weight is 269 g/mol. The third kappa shape index (κ3) is 4.08. The van der Waals surface area contributed by atoms with Gasteiger partial charge in [-0.15, -0.1) is 0 Å². The van der Waals surface area contributed by atoms with Gasteiger partial charge in [0, 0.05) is 32.2 Å². The van der Waals surface area contributed by atoms with Gasteiger partial charge >= 0.3 is 6.03 Å². The maximum Gasteiger partial charge on any atom is 0.320 e. The zero-order valence-electron chi connectivity index (χ0n) is 12.0. The SMILES string of the molecule is CC1CCCN(C(=O)N(CCO)CC2CCCN2)C1. The number of hydrogen-bond acceptors (Lipinski definition) is 3. The van der Waals surface area contributed by atoms with Crippen LogP contribution in [0.25, 0.3) is 0 Å². The monoisotopic (exact) mass is 269 g/mol. The van der Waals surface area contributed by atoms with Gasteiger partial charge in [-0.3, -0.25) is 0 Å². The predicted octanol–water partition coefficient (Wildman–Crippen LogP) is 0.885. The molecule has 0 aromatic heterocycles. The minimum atomic E-state index is 0.0435. The van der Waals surface area contributed by atoms with Crippen LogP contribution in [0.15, 0.2) is 0 Å². The van der Waals surface area contributed by atoms with Crippen molar-refractivity contribution in [1.29, 1.82) is 0 Å². The van der Waals surface area contributed by atoms with Gasteiger partial charge in [0.2, 0.25) is 0 Å². The highest BCUT2D eigenvalue weighted by Gasteiger charge is 2.27. The zero-order chi connectivity index (χ0) is 13.7. The van der Waals surface area contributed by atoms with Crippen molar-refractivity contribution >= 4 is 6.03 Å². The highest BCUT2D eigenvalue weighted by Crippen LogP contribution is 2.17. The van der Waals surface area contributed by atoms with E-state index in [0.717, 1.165) is 39.0 Å². The highest BCUT2D eigenvalue weighted by atomic mass is 16.3. The van der Waals surface area contributed by atoms with Crippen molar-refractivity contribution in [2.24, 2.45) is 5.92 Å². The standard InChI is InChI=1S/C14H27N3O2/c1-12-4-3-7-16(10-12)14(19)17(8-9-18)11-13-5-2-6-15-13/h12-13,15,18H,2-11H2,1H3. The first-order chi connectivity index (χ1) is 9.20. The highest BCUT2D eigenvalue weighted by molar-refractivity contribution is 5.74. The molecule has 0 aromatic rings. The number of carbonyl (C=O) groups excluding carboxylic acids is 1. The number of likely N-dealkylation sites (tertiary alicyclic amines) is 1. The van der Waals surface area contributed by atoms with Crippen LogP contribution < -0.4 is 5.32 Å². The Balaban J connectivity index is 1.90. The summed E-state index contributed by atoms with van der Waals surface area (Å²) in [6, 6.07) is 0.506. The molecule has 2 amide bonds. The number of nitrogens with zero attached hydrogens (tertiary/aromatic N) is 2. The van der Waals surface area contributed by atoms with Gasteiger partial charge in [0.15, 0.2) is 0 Å². The number of piperidine rings is 1. The number of aliphatic hydroxyl groups excluding tert-OH is 1. The van der Waals surface area contributed by atoms with Crippen molar-refractivity contribution in [2.45, 2.75) is 38.6 Å². The van der Waals surface area contributed by atoms with E-state index < -0.39 is 0 Å². The quantitative estimate of drug-likeness (QED) is 0.797. The summed E-state index contributed by atoms with van der Waals surface area (Å²) in [6.07, 6.45) is 4.63. The smallest absolute Gasteiger partial charge is 0.320 e. The zero-order valence-corrected chi connectivity index (χ0v) is 12.0. The average Bonchev–Trinajstić information content (AvgIpc) is 2.90. The second kappa shape index (κ2) is 7.10. The second-order valence-corrected chi connectivity index (χ2v) is 5.94. The molecule has 110 valence electrons. The Hall–Kier alpha value is -0.810. The van der Waals surface area contributed by atoms with Crippen LogP contribution in [0.4, 0.5) is 4.79 Å². The summed E-state index contributed by atoms with van der Waals surface area (Å²) >= 11 is 0. The number of carbonyl (C=O) groups is 1. The van der Waals surface area contributed by atoms with Crippen LogP contribution in [-0.2, 0) is 0 Å². The van der Waals surface area contributed by atoms with Crippen LogP contribution in [-0.4, -0.2) is 66.3 Å². The molecule has 2 N–H and O–H groups in total. The molecule has 2 fully saturated rings. The minimum Gasteiger partial charge on any atom is -0.395 e. The number of hydrogen-bond donors (Lipinski definition) is 2. The van der Waals surface area contributed by atoms with Gasteiger partial charge < -0.3 is 20.2 Å². The molecular weight excluding hydrogens is 242 g/mol. The lowest BCUT2D eigenvalue weighted by Crippen LogP contribution is -2.51. The largest absolute Gasteiger partial charge is 0.395 e. The van der Waals surface area contributed by atoms with Crippen LogP contribution >= 0.6 is 0 Å². The van der Waals surface area contributed by atoms with Crippen LogP contribution in [0.5, 0.6) is 0 Å². The van der Waals surface area contributed by atoms with Gasteiger partial charge in [0.05, 0.1) is 6.61 Å². The first-order valence-electron chi connectivity index (χ1n) is 7.59. The third-order valence-corrected chi connectivity index (χ3v) is 4.17. The molecule has 2 aliphatic rings. The van der Waals surface area contributed by atoms with Gasteiger partial charge in [0.1, 0.15) is 0 Å². The van der Waals surface area contributed by atoms with Crippen LogP contribution in [0.1, 0.15) is 32.6 Å². The molecule has 0 spiro atoms. The summed E-state index contributed by atoms with van der Waals surface area (Å²) in [7, 11) is 0. The molecule has 0 saturated carbocycles. The maximum atomic E-state index is 12.5. The maximum absolute atomic E-state index is 12.5. The van der Waals surface area contributed by atoms with E-state index >= 15 is 0 Å². The lowest BCUT2D eigenvalue weighted by atomic mass is 10.0. The Bertz CT molecular complexity index is 292. The Morgan fingerprint density at radius 1 is 1.42 bits per heavy atom. The van der Waals surface area contributed by atoms with Gasteiger partial charge in [-0.1, -0.05) is 6.92 Å². The van der Waals surface area contributed by atoms with Crippen molar-refractivity contribution in [1.82, 2.24) is 15.1 Å². The van der Waals surface area contributed by atoms with Gasteiger partial charge in [0.25, 0.3) is 0 Å². The molecule has 2 unspecified atom stereocenters. The van der Waals surface area contributed by atoms with E-state index in [1.54, 1.807) is 0 Å². The summed E-state index contributed by atoms with van der Waals surface area (Å²) < 4.78 is 0. The van der Waals surface area contributed by atoms with Crippen molar-refractivity contribution in [2.75, 3.05) is 39.3 Å². The molecule has 2 aliphatic heterocycles. The molecule has 0 bridgehead atoms. The predicted molar refractivity (Wildman–Crippen MR) is 75.1 cm³/mol. The van der Waals surface area contributed by atoms with E-state index in [2.05, 4.69) is 12.2 Å². The molecule has 2 saturated heterocycles. The summed E-state index contributed by atoms with van der Waals surface area (Å²) in [5, 5.41) is 12.6. The van der Waals surface area contributed by atoms with Crippen molar-refractivity contribution < 1.29 is 9.90 Å². The molecule has 2 atom stereocenters. The summed E-state index contributed by atoms with van der Waals surface area (Å²) in [6.45, 7) is 6.19. The first kappa shape index (κ1) is 14.6. The minimum absolute atomic E-state index is 0.0435. The van der Waals surface area contributed by atoms with Crippen molar-refractivity contribution in [3.8, 4) is 0 Å². The molecule has 5 heteroatoms. The van der Waals surface area contributed by atoms with Crippen molar-refractivity contribution in [3.05, 3.63) is 0 Å². The lowest BCUT2D eigenvalue weighted by molar-refractivity contribution is 0.118. The van der Waals surface area contributed by atoms with E-state index in [0.29, 0.717) is 18.5 Å². The fourth-order valence-electron chi connectivity index (χ4n) is 3.13. The molecule has 0 aliphatic carbocycles. The Morgan fingerprint density at radius 2 is 2.26 bits per heavy atom. The van der Waals surface area contributed by atoms with Gasteiger partial charge in [-0.25, -0.2) is 4.79 Å². The van der Waals surface area contributed by atoms with Crippen molar-refractivity contribution in [3.63, 3.8) is 0 Å². The molecule has 5 nitrogen and oxygen atoms in total. The van der Waals surface area contributed by atoms with Crippen LogP contribution in [0.3, 0.4) is 0 Å². The van der Waals surface area contributed by atoms with E-state index in [-0.39, 0.29) is 12.6 Å². The molecule has 0 aromatic carbocycles. The van der Waals surface area contributed by atoms with E-state index in [4.69, 9.17) is 0 Å². The lowest BCUT2D eigenvalue weighted by Gasteiger charge is -2.36.